The minimum atomic E-state index is -0.833. The van der Waals surface area contributed by atoms with Gasteiger partial charge in [-0.15, -0.1) is 9.78 Å². The van der Waals surface area contributed by atoms with E-state index in [1.807, 2.05) is 24.3 Å². The molecule has 2 aromatic carbocycles. The second-order valence-electron chi connectivity index (χ2n) is 8.52. The molecule has 13 nitrogen and oxygen atoms in total. The average molecular weight is 533 g/mol. The molecule has 0 fully saturated rings. The molecule has 6 N–H and O–H groups in total. The van der Waals surface area contributed by atoms with Crippen molar-refractivity contribution in [2.45, 2.75) is 25.8 Å². The zero-order chi connectivity index (χ0) is 27.9. The summed E-state index contributed by atoms with van der Waals surface area (Å²) < 4.78 is 12.7. The summed E-state index contributed by atoms with van der Waals surface area (Å²) in [7, 11) is 1.63. The van der Waals surface area contributed by atoms with Crippen molar-refractivity contribution in [2.24, 2.45) is 5.73 Å². The molecule has 0 bridgehead atoms. The van der Waals surface area contributed by atoms with E-state index in [1.54, 1.807) is 37.7 Å². The van der Waals surface area contributed by atoms with Crippen LogP contribution in [0, 0.1) is 5.41 Å². The van der Waals surface area contributed by atoms with Gasteiger partial charge in [-0.05, 0) is 60.9 Å². The number of carbonyl (C=O) groups is 1. The number of carboxylic acids is 1. The van der Waals surface area contributed by atoms with Crippen molar-refractivity contribution < 1.29 is 19.4 Å². The van der Waals surface area contributed by atoms with Gasteiger partial charge in [-0.2, -0.15) is 0 Å². The Labute approximate surface area is 223 Å². The number of aromatic amines is 1. The third-order valence-corrected chi connectivity index (χ3v) is 5.73. The lowest BCUT2D eigenvalue weighted by atomic mass is 9.98. The maximum atomic E-state index is 12.8. The molecule has 0 saturated heterocycles. The standard InChI is InChI=1S/C24H24N8O3.C2H4O2/c1-34-18-12-15(13-19-17(18)4-2-11-35-19)20(29-16-7-5-14(6-8-16)21(25)26)22-30-24(33)32(31-22)23-27-9-3-10-28-23;1-2(3)4/h3,5-10,12-13,20,29H,2,4,11H2,1H3,(H3,25,26)(H,30,31,33);1H3,(H,3,4). The van der Waals surface area contributed by atoms with Crippen molar-refractivity contribution >= 4 is 17.5 Å². The third-order valence-electron chi connectivity index (χ3n) is 5.73. The van der Waals surface area contributed by atoms with E-state index in [-0.39, 0.29) is 11.8 Å². The number of H-pyrrole nitrogens is 1. The lowest BCUT2D eigenvalue weighted by Gasteiger charge is -2.24. The van der Waals surface area contributed by atoms with Gasteiger partial charge in [0, 0.05) is 36.1 Å². The number of hydrogen-bond donors (Lipinski definition) is 5. The van der Waals surface area contributed by atoms with Crippen molar-refractivity contribution in [1.29, 1.82) is 5.41 Å². The number of benzene rings is 2. The molecule has 0 radical (unpaired) electrons. The maximum absolute atomic E-state index is 12.8. The summed E-state index contributed by atoms with van der Waals surface area (Å²) in [5.41, 5.74) is 8.27. The molecule has 3 heterocycles. The zero-order valence-electron chi connectivity index (χ0n) is 21.3. The van der Waals surface area contributed by atoms with Gasteiger partial charge in [-0.1, -0.05) is 0 Å². The molecule has 5 rings (SSSR count). The number of hydrogen-bond acceptors (Lipinski definition) is 9. The lowest BCUT2D eigenvalue weighted by molar-refractivity contribution is -0.134. The fourth-order valence-corrected chi connectivity index (χ4v) is 4.02. The number of nitrogens with one attached hydrogen (secondary N) is 3. The number of nitrogen functional groups attached to an aromatic ring is 1. The number of ether oxygens (including phenoxy) is 2. The number of nitrogens with zero attached hydrogens (tertiary/aromatic N) is 4. The summed E-state index contributed by atoms with van der Waals surface area (Å²) in [6, 6.07) is 12.1. The summed E-state index contributed by atoms with van der Waals surface area (Å²) in [6.45, 7) is 1.71. The molecule has 202 valence electrons. The summed E-state index contributed by atoms with van der Waals surface area (Å²) in [5, 5.41) is 23.0. The Hall–Kier alpha value is -5.20. The molecule has 1 aliphatic heterocycles. The highest BCUT2D eigenvalue weighted by molar-refractivity contribution is 5.95. The summed E-state index contributed by atoms with van der Waals surface area (Å²) in [4.78, 5) is 32.8. The van der Waals surface area contributed by atoms with Gasteiger partial charge in [0.2, 0.25) is 0 Å². The molecule has 0 spiro atoms. The van der Waals surface area contributed by atoms with Gasteiger partial charge in [0.15, 0.2) is 5.82 Å². The third kappa shape index (κ3) is 6.39. The summed E-state index contributed by atoms with van der Waals surface area (Å²) in [5.74, 6) is 1.13. The number of rotatable bonds is 7. The fraction of sp³-hybridized carbons (Fsp3) is 0.231. The minimum Gasteiger partial charge on any atom is -0.496 e. The van der Waals surface area contributed by atoms with Crippen molar-refractivity contribution in [3.8, 4) is 17.4 Å². The van der Waals surface area contributed by atoms with Crippen molar-refractivity contribution in [3.05, 3.63) is 87.9 Å². The first-order valence-electron chi connectivity index (χ1n) is 12.0. The van der Waals surface area contributed by atoms with Crippen LogP contribution in [0.15, 0.2) is 59.7 Å². The number of aromatic nitrogens is 5. The number of carboxylic acid groups (broad SMARTS) is 1. The first-order valence-corrected chi connectivity index (χ1v) is 12.0. The molecular formula is C26H28N8O5. The Balaban J connectivity index is 0.000000826. The van der Waals surface area contributed by atoms with Gasteiger partial charge in [-0.3, -0.25) is 15.2 Å². The smallest absolute Gasteiger partial charge is 0.350 e. The molecule has 4 aromatic rings. The van der Waals surface area contributed by atoms with Gasteiger partial charge < -0.3 is 25.6 Å². The number of nitrogens with two attached hydrogens (primary N) is 1. The van der Waals surface area contributed by atoms with Crippen molar-refractivity contribution in [1.82, 2.24) is 24.7 Å². The second kappa shape index (κ2) is 11.9. The highest BCUT2D eigenvalue weighted by atomic mass is 16.5. The van der Waals surface area contributed by atoms with Crippen LogP contribution >= 0.6 is 0 Å². The van der Waals surface area contributed by atoms with E-state index < -0.39 is 17.7 Å². The molecule has 0 aliphatic carbocycles. The van der Waals surface area contributed by atoms with E-state index in [0.29, 0.717) is 23.7 Å². The van der Waals surface area contributed by atoms with Crippen LogP contribution in [0.25, 0.3) is 5.95 Å². The van der Waals surface area contributed by atoms with Gasteiger partial charge >= 0.3 is 5.69 Å². The fourth-order valence-electron chi connectivity index (χ4n) is 4.02. The van der Waals surface area contributed by atoms with Crippen LogP contribution in [0.2, 0.25) is 0 Å². The van der Waals surface area contributed by atoms with Gasteiger partial charge in [0.1, 0.15) is 23.4 Å². The van der Waals surface area contributed by atoms with Crippen molar-refractivity contribution in [3.63, 3.8) is 0 Å². The van der Waals surface area contributed by atoms with Crippen LogP contribution in [0.3, 0.4) is 0 Å². The van der Waals surface area contributed by atoms with Crippen LogP contribution in [-0.4, -0.2) is 55.4 Å². The van der Waals surface area contributed by atoms with Crippen molar-refractivity contribution in [2.75, 3.05) is 19.0 Å². The zero-order valence-corrected chi connectivity index (χ0v) is 21.3. The van der Waals surface area contributed by atoms with Gasteiger partial charge in [0.05, 0.1) is 13.7 Å². The van der Waals surface area contributed by atoms with E-state index in [2.05, 4.69) is 25.4 Å². The van der Waals surface area contributed by atoms with Gasteiger partial charge in [-0.25, -0.2) is 14.8 Å². The maximum Gasteiger partial charge on any atom is 0.350 e. The predicted molar refractivity (Wildman–Crippen MR) is 143 cm³/mol. The SMILES string of the molecule is CC(=O)O.COc1cc(C(Nc2ccc(C(=N)N)cc2)c2nn(-c3ncccn3)c(=O)[nH]2)cc2c1CCCO2. The number of anilines is 1. The Morgan fingerprint density at radius 3 is 2.59 bits per heavy atom. The topological polar surface area (TPSA) is 194 Å². The number of methoxy groups -OCH3 is 1. The highest BCUT2D eigenvalue weighted by Crippen LogP contribution is 2.38. The number of aliphatic carboxylic acids is 1. The van der Waals surface area contributed by atoms with E-state index in [1.165, 1.54) is 0 Å². The Bertz CT molecular complexity index is 1490. The van der Waals surface area contributed by atoms with Crippen LogP contribution < -0.4 is 26.2 Å². The molecular weight excluding hydrogens is 504 g/mol. The van der Waals surface area contributed by atoms with Crippen LogP contribution in [0.5, 0.6) is 11.5 Å². The van der Waals surface area contributed by atoms with E-state index in [4.69, 9.17) is 30.5 Å². The highest BCUT2D eigenvalue weighted by Gasteiger charge is 2.25. The summed E-state index contributed by atoms with van der Waals surface area (Å²) >= 11 is 0. The molecule has 0 saturated carbocycles. The van der Waals surface area contributed by atoms with Gasteiger partial charge in [0.25, 0.3) is 11.9 Å². The number of fused-ring (bicyclic) bond motifs is 1. The summed E-state index contributed by atoms with van der Waals surface area (Å²) in [6.07, 6.45) is 4.87. The van der Waals surface area contributed by atoms with Crippen LogP contribution in [-0.2, 0) is 11.2 Å². The van der Waals surface area contributed by atoms with E-state index in [9.17, 15) is 4.79 Å². The molecule has 1 aliphatic rings. The first kappa shape index (κ1) is 26.9. The molecule has 1 atom stereocenters. The van der Waals surface area contributed by atoms with Crippen LogP contribution in [0.1, 0.15) is 41.9 Å². The molecule has 13 heteroatoms. The molecule has 0 amide bonds. The Kier molecular flexibility index (Phi) is 8.19. The van der Waals surface area contributed by atoms with Crippen LogP contribution in [0.4, 0.5) is 5.69 Å². The first-order chi connectivity index (χ1) is 18.8. The molecule has 39 heavy (non-hydrogen) atoms. The molecule has 2 aromatic heterocycles. The molecule has 1 unspecified atom stereocenters. The van der Waals surface area contributed by atoms with E-state index in [0.717, 1.165) is 47.0 Å². The average Bonchev–Trinajstić information content (AvgIpc) is 3.32. The predicted octanol–water partition coefficient (Wildman–Crippen LogP) is 2.26. The number of amidine groups is 1. The second-order valence-corrected chi connectivity index (χ2v) is 8.52. The Morgan fingerprint density at radius 1 is 1.26 bits per heavy atom. The quantitative estimate of drug-likeness (QED) is 0.174. The van der Waals surface area contributed by atoms with E-state index >= 15 is 0 Å². The Morgan fingerprint density at radius 2 is 1.95 bits per heavy atom. The lowest BCUT2D eigenvalue weighted by Crippen LogP contribution is -2.18. The minimum absolute atomic E-state index is 0.0180. The monoisotopic (exact) mass is 532 g/mol. The normalized spacial score (nSPS) is 12.7. The largest absolute Gasteiger partial charge is 0.496 e.